The molecule has 1 aromatic carbocycles. The second-order valence-corrected chi connectivity index (χ2v) is 8.49. The Labute approximate surface area is 166 Å². The topological polar surface area (TPSA) is 33.2 Å². The molecule has 142 valence electrons. The van der Waals surface area contributed by atoms with Crippen LogP contribution in [-0.4, -0.2) is 28.4 Å². The molecule has 2 fully saturated rings. The molecule has 3 nitrogen and oxygen atoms in total. The molecular weight excluding hydrogens is 356 g/mol. The van der Waals surface area contributed by atoms with Crippen LogP contribution in [-0.2, 0) is 11.2 Å². The van der Waals surface area contributed by atoms with Gasteiger partial charge >= 0.3 is 0 Å². The van der Waals surface area contributed by atoms with Crippen LogP contribution in [0.1, 0.15) is 49.7 Å². The van der Waals surface area contributed by atoms with Crippen molar-refractivity contribution < 1.29 is 4.79 Å². The molecule has 2 heterocycles. The summed E-state index contributed by atoms with van der Waals surface area (Å²) >= 11 is 6.65. The molecule has 1 saturated carbocycles. The number of halogens is 1. The average Bonchev–Trinajstić information content (AvgIpc) is 3.10. The first-order valence-corrected chi connectivity index (χ1v) is 10.5. The highest BCUT2D eigenvalue weighted by Gasteiger charge is 2.32. The Morgan fingerprint density at radius 2 is 2.11 bits per heavy atom. The quantitative estimate of drug-likeness (QED) is 0.705. The van der Waals surface area contributed by atoms with Crippen LogP contribution in [0.4, 0.5) is 0 Å². The van der Waals surface area contributed by atoms with Crippen molar-refractivity contribution >= 4 is 17.5 Å². The minimum atomic E-state index is 0.356. The van der Waals surface area contributed by atoms with Crippen LogP contribution in [0.2, 0.25) is 5.02 Å². The van der Waals surface area contributed by atoms with Crippen molar-refractivity contribution in [3.63, 3.8) is 0 Å². The molecule has 2 aromatic rings. The fourth-order valence-corrected chi connectivity index (χ4v) is 5.00. The monoisotopic (exact) mass is 382 g/mol. The molecule has 1 aliphatic carbocycles. The Balaban J connectivity index is 1.46. The van der Waals surface area contributed by atoms with Gasteiger partial charge in [-0.1, -0.05) is 30.2 Å². The Morgan fingerprint density at radius 3 is 2.85 bits per heavy atom. The first kappa shape index (κ1) is 18.5. The molecule has 1 saturated heterocycles. The maximum absolute atomic E-state index is 12.1. The van der Waals surface area contributed by atoms with E-state index in [2.05, 4.69) is 35.0 Å². The van der Waals surface area contributed by atoms with E-state index in [4.69, 9.17) is 11.6 Å². The summed E-state index contributed by atoms with van der Waals surface area (Å²) in [6, 6.07) is 8.88. The largest absolute Gasteiger partial charge is 0.340 e. The van der Waals surface area contributed by atoms with Crippen LogP contribution < -0.4 is 0 Å². The van der Waals surface area contributed by atoms with E-state index >= 15 is 0 Å². The van der Waals surface area contributed by atoms with E-state index < -0.39 is 0 Å². The van der Waals surface area contributed by atoms with E-state index in [1.54, 1.807) is 0 Å². The Bertz CT molecular complexity index is 835. The smallest absolute Gasteiger partial charge is 0.222 e. The van der Waals surface area contributed by atoms with E-state index in [0.29, 0.717) is 17.9 Å². The zero-order valence-electron chi connectivity index (χ0n) is 16.0. The normalized spacial score (nSPS) is 23.0. The lowest BCUT2D eigenvalue weighted by atomic mass is 9.81. The number of benzene rings is 1. The SMILES string of the molecule is Cc1ccncc1-c1ccc(CC2CCCC(N3CCCC3=O)C2)c(Cl)c1. The number of rotatable bonds is 4. The van der Waals surface area contributed by atoms with Gasteiger partial charge in [-0.2, -0.15) is 0 Å². The zero-order chi connectivity index (χ0) is 18.8. The number of likely N-dealkylation sites (tertiary alicyclic amines) is 1. The molecule has 0 bridgehead atoms. The number of hydrogen-bond donors (Lipinski definition) is 0. The molecule has 1 amide bonds. The van der Waals surface area contributed by atoms with Crippen LogP contribution in [0, 0.1) is 12.8 Å². The molecule has 4 heteroatoms. The fraction of sp³-hybridized carbons (Fsp3) is 0.478. The summed E-state index contributed by atoms with van der Waals surface area (Å²) in [6.45, 7) is 3.05. The number of nitrogens with zero attached hydrogens (tertiary/aromatic N) is 2. The highest BCUT2D eigenvalue weighted by molar-refractivity contribution is 6.31. The minimum Gasteiger partial charge on any atom is -0.340 e. The standard InChI is InChI=1S/C23H27ClN2O/c1-16-9-10-25-15-21(16)18-7-8-19(22(24)14-18)12-17-4-2-5-20(13-17)26-11-3-6-23(26)27/h7-10,14-15,17,20H,2-6,11-13H2,1H3. The molecule has 2 atom stereocenters. The second kappa shape index (κ2) is 8.02. The van der Waals surface area contributed by atoms with Gasteiger partial charge in [0.05, 0.1) is 0 Å². The summed E-state index contributed by atoms with van der Waals surface area (Å²) in [5, 5.41) is 0.843. The van der Waals surface area contributed by atoms with Gasteiger partial charge in [-0.05, 0) is 73.8 Å². The van der Waals surface area contributed by atoms with E-state index in [0.717, 1.165) is 54.8 Å². The van der Waals surface area contributed by atoms with Gasteiger partial charge in [0.15, 0.2) is 0 Å². The summed E-state index contributed by atoms with van der Waals surface area (Å²) in [5.74, 6) is 0.968. The summed E-state index contributed by atoms with van der Waals surface area (Å²) in [6.07, 6.45) is 11.2. The molecule has 27 heavy (non-hydrogen) atoms. The molecule has 2 unspecified atom stereocenters. The van der Waals surface area contributed by atoms with Crippen molar-refractivity contribution in [2.24, 2.45) is 5.92 Å². The Hall–Kier alpha value is -1.87. The lowest BCUT2D eigenvalue weighted by Crippen LogP contribution is -2.39. The first-order valence-electron chi connectivity index (χ1n) is 10.1. The van der Waals surface area contributed by atoms with Crippen LogP contribution in [0.3, 0.4) is 0 Å². The third-order valence-electron chi connectivity index (χ3n) is 6.22. The molecule has 0 spiro atoms. The number of amides is 1. The summed E-state index contributed by atoms with van der Waals surface area (Å²) < 4.78 is 0. The third-order valence-corrected chi connectivity index (χ3v) is 6.57. The third kappa shape index (κ3) is 4.03. The minimum absolute atomic E-state index is 0.356. The van der Waals surface area contributed by atoms with Crippen LogP contribution >= 0.6 is 11.6 Å². The van der Waals surface area contributed by atoms with Crippen molar-refractivity contribution in [1.82, 2.24) is 9.88 Å². The molecule has 1 aromatic heterocycles. The van der Waals surface area contributed by atoms with E-state index in [-0.39, 0.29) is 0 Å². The lowest BCUT2D eigenvalue weighted by molar-refractivity contribution is -0.130. The number of aryl methyl sites for hydroxylation is 1. The summed E-state index contributed by atoms with van der Waals surface area (Å²) in [7, 11) is 0. The van der Waals surface area contributed by atoms with E-state index in [9.17, 15) is 4.79 Å². The molecule has 0 radical (unpaired) electrons. The van der Waals surface area contributed by atoms with Gasteiger partial charge in [-0.25, -0.2) is 0 Å². The van der Waals surface area contributed by atoms with Gasteiger partial charge < -0.3 is 4.90 Å². The van der Waals surface area contributed by atoms with Crippen LogP contribution in [0.15, 0.2) is 36.7 Å². The highest BCUT2D eigenvalue weighted by atomic mass is 35.5. The molecular formula is C23H27ClN2O. The van der Waals surface area contributed by atoms with Crippen molar-refractivity contribution in [2.45, 2.75) is 57.9 Å². The summed E-state index contributed by atoms with van der Waals surface area (Å²) in [5.41, 5.74) is 4.69. The first-order chi connectivity index (χ1) is 13.1. The Kier molecular flexibility index (Phi) is 5.49. The zero-order valence-corrected chi connectivity index (χ0v) is 16.7. The number of hydrogen-bond acceptors (Lipinski definition) is 2. The number of aromatic nitrogens is 1. The van der Waals surface area contributed by atoms with Gasteiger partial charge in [0.1, 0.15) is 0 Å². The van der Waals surface area contributed by atoms with E-state index in [1.807, 2.05) is 18.5 Å². The second-order valence-electron chi connectivity index (χ2n) is 8.08. The predicted octanol–water partition coefficient (Wildman–Crippen LogP) is 5.43. The summed E-state index contributed by atoms with van der Waals surface area (Å²) in [4.78, 5) is 18.5. The van der Waals surface area contributed by atoms with Crippen LogP contribution in [0.5, 0.6) is 0 Å². The van der Waals surface area contributed by atoms with Crippen molar-refractivity contribution in [2.75, 3.05) is 6.54 Å². The molecule has 2 aliphatic rings. The number of carbonyl (C=O) groups is 1. The van der Waals surface area contributed by atoms with E-state index in [1.165, 1.54) is 24.0 Å². The average molecular weight is 383 g/mol. The van der Waals surface area contributed by atoms with Gasteiger partial charge in [0.2, 0.25) is 5.91 Å². The van der Waals surface area contributed by atoms with Crippen LogP contribution in [0.25, 0.3) is 11.1 Å². The van der Waals surface area contributed by atoms with Crippen molar-refractivity contribution in [3.8, 4) is 11.1 Å². The number of carbonyl (C=O) groups excluding carboxylic acids is 1. The van der Waals surface area contributed by atoms with Gasteiger partial charge in [-0.15, -0.1) is 0 Å². The maximum Gasteiger partial charge on any atom is 0.222 e. The Morgan fingerprint density at radius 1 is 1.22 bits per heavy atom. The van der Waals surface area contributed by atoms with Gasteiger partial charge in [0, 0.05) is 42.0 Å². The molecule has 1 aliphatic heterocycles. The van der Waals surface area contributed by atoms with Crippen molar-refractivity contribution in [3.05, 3.63) is 52.8 Å². The van der Waals surface area contributed by atoms with Gasteiger partial charge in [-0.3, -0.25) is 9.78 Å². The maximum atomic E-state index is 12.1. The van der Waals surface area contributed by atoms with Gasteiger partial charge in [0.25, 0.3) is 0 Å². The molecule has 4 rings (SSSR count). The molecule has 0 N–H and O–H groups in total. The fourth-order valence-electron chi connectivity index (χ4n) is 4.74. The lowest BCUT2D eigenvalue weighted by Gasteiger charge is -2.35. The van der Waals surface area contributed by atoms with Crippen molar-refractivity contribution in [1.29, 1.82) is 0 Å². The highest BCUT2D eigenvalue weighted by Crippen LogP contribution is 2.35. The predicted molar refractivity (Wildman–Crippen MR) is 110 cm³/mol. The number of pyridine rings is 1.